The fourth-order valence-electron chi connectivity index (χ4n) is 3.88. The Morgan fingerprint density at radius 1 is 1.04 bits per heavy atom. The molecule has 2 fully saturated rings. The smallest absolute Gasteiger partial charge is 0.332 e. The van der Waals surface area contributed by atoms with Crippen LogP contribution in [0.3, 0.4) is 0 Å². The highest BCUT2D eigenvalue weighted by Crippen LogP contribution is 2.34. The normalized spacial score (nSPS) is 26.0. The van der Waals surface area contributed by atoms with Gasteiger partial charge in [0.2, 0.25) is 6.79 Å². The number of amides is 1. The van der Waals surface area contributed by atoms with E-state index in [0.29, 0.717) is 42.5 Å². The zero-order chi connectivity index (χ0) is 17.4. The fourth-order valence-corrected chi connectivity index (χ4v) is 3.88. The maximum absolute atomic E-state index is 12.7. The molecule has 0 radical (unpaired) electrons. The first-order valence-corrected chi connectivity index (χ1v) is 8.69. The Kier molecular flexibility index (Phi) is 4.25. The van der Waals surface area contributed by atoms with Crippen molar-refractivity contribution < 1.29 is 28.9 Å². The Labute approximate surface area is 145 Å². The molecule has 0 bridgehead atoms. The second-order valence-corrected chi connectivity index (χ2v) is 6.78. The number of aliphatic carboxylic acids is 1. The van der Waals surface area contributed by atoms with Gasteiger partial charge in [-0.05, 0) is 49.8 Å². The number of carbonyl (C=O) groups is 2. The van der Waals surface area contributed by atoms with Gasteiger partial charge in [-0.1, -0.05) is 0 Å². The van der Waals surface area contributed by atoms with E-state index in [0.717, 1.165) is 19.3 Å². The number of hydrogen-bond acceptors (Lipinski definition) is 5. The van der Waals surface area contributed by atoms with Gasteiger partial charge in [-0.3, -0.25) is 4.79 Å². The number of likely N-dealkylation sites (tertiary alicyclic amines) is 1. The molecule has 1 amide bonds. The summed E-state index contributed by atoms with van der Waals surface area (Å²) in [5, 5.41) is 9.04. The van der Waals surface area contributed by atoms with Gasteiger partial charge >= 0.3 is 5.97 Å². The summed E-state index contributed by atoms with van der Waals surface area (Å²) in [6, 6.07) is 5.26. The first kappa shape index (κ1) is 16.2. The number of carboxylic acid groups (broad SMARTS) is 1. The quantitative estimate of drug-likeness (QED) is 0.899. The average molecular weight is 347 g/mol. The molecule has 4 rings (SSSR count). The van der Waals surface area contributed by atoms with Gasteiger partial charge in [0, 0.05) is 18.7 Å². The average Bonchev–Trinajstić information content (AvgIpc) is 3.30. The van der Waals surface area contributed by atoms with Crippen LogP contribution in [0.25, 0.3) is 0 Å². The molecule has 7 nitrogen and oxygen atoms in total. The molecule has 0 saturated carbocycles. The number of piperidine rings is 1. The summed E-state index contributed by atoms with van der Waals surface area (Å²) in [6.07, 6.45) is 2.39. The van der Waals surface area contributed by atoms with E-state index in [-0.39, 0.29) is 18.8 Å². The third kappa shape index (κ3) is 3.16. The minimum atomic E-state index is -0.877. The minimum absolute atomic E-state index is 0.00361. The minimum Gasteiger partial charge on any atom is -0.479 e. The Balaban J connectivity index is 1.34. The molecule has 25 heavy (non-hydrogen) atoms. The van der Waals surface area contributed by atoms with Crippen LogP contribution in [0.2, 0.25) is 0 Å². The first-order chi connectivity index (χ1) is 12.1. The lowest BCUT2D eigenvalue weighted by atomic mass is 9.89. The van der Waals surface area contributed by atoms with E-state index in [1.807, 2.05) is 4.90 Å². The van der Waals surface area contributed by atoms with Crippen molar-refractivity contribution >= 4 is 11.9 Å². The van der Waals surface area contributed by atoms with Gasteiger partial charge in [0.25, 0.3) is 5.91 Å². The molecule has 1 aromatic carbocycles. The van der Waals surface area contributed by atoms with Crippen molar-refractivity contribution in [3.63, 3.8) is 0 Å². The van der Waals surface area contributed by atoms with Gasteiger partial charge in [-0.25, -0.2) is 4.79 Å². The third-order valence-electron chi connectivity index (χ3n) is 5.30. The topological polar surface area (TPSA) is 85.3 Å². The third-order valence-corrected chi connectivity index (χ3v) is 5.30. The molecular weight excluding hydrogens is 326 g/mol. The molecule has 2 atom stereocenters. The second-order valence-electron chi connectivity index (χ2n) is 6.78. The number of benzene rings is 1. The molecule has 2 saturated heterocycles. The van der Waals surface area contributed by atoms with Gasteiger partial charge in [0.15, 0.2) is 17.6 Å². The predicted molar refractivity (Wildman–Crippen MR) is 86.7 cm³/mol. The van der Waals surface area contributed by atoms with Crippen LogP contribution >= 0.6 is 0 Å². The van der Waals surface area contributed by atoms with E-state index in [4.69, 9.17) is 19.3 Å². The lowest BCUT2D eigenvalue weighted by Crippen LogP contribution is -2.41. The molecule has 3 aliphatic heterocycles. The zero-order valence-corrected chi connectivity index (χ0v) is 13.8. The maximum Gasteiger partial charge on any atom is 0.332 e. The van der Waals surface area contributed by atoms with E-state index >= 15 is 0 Å². The molecule has 3 heterocycles. The van der Waals surface area contributed by atoms with E-state index in [1.165, 1.54) is 0 Å². The SMILES string of the molecule is O=C(O)[C@H]1CC[C@@H](C2CCN(C(=O)c3ccc4c(c3)OCO4)CC2)O1. The van der Waals surface area contributed by atoms with Crippen LogP contribution < -0.4 is 9.47 Å². The number of nitrogens with zero attached hydrogens (tertiary/aromatic N) is 1. The van der Waals surface area contributed by atoms with E-state index in [2.05, 4.69) is 0 Å². The summed E-state index contributed by atoms with van der Waals surface area (Å²) in [5.41, 5.74) is 0.603. The van der Waals surface area contributed by atoms with E-state index in [1.54, 1.807) is 18.2 Å². The monoisotopic (exact) mass is 347 g/mol. The highest BCUT2D eigenvalue weighted by Gasteiger charge is 2.37. The van der Waals surface area contributed by atoms with Crippen molar-refractivity contribution in [1.82, 2.24) is 4.90 Å². The van der Waals surface area contributed by atoms with Crippen LogP contribution in [0.4, 0.5) is 0 Å². The van der Waals surface area contributed by atoms with Crippen LogP contribution in [-0.4, -0.2) is 54.0 Å². The molecule has 0 spiro atoms. The van der Waals surface area contributed by atoms with E-state index in [9.17, 15) is 9.59 Å². The van der Waals surface area contributed by atoms with Gasteiger partial charge in [-0.2, -0.15) is 0 Å². The van der Waals surface area contributed by atoms with Gasteiger partial charge in [-0.15, -0.1) is 0 Å². The summed E-state index contributed by atoms with van der Waals surface area (Å²) >= 11 is 0. The first-order valence-electron chi connectivity index (χ1n) is 8.69. The van der Waals surface area contributed by atoms with Crippen LogP contribution in [0, 0.1) is 5.92 Å². The Hall–Kier alpha value is -2.28. The maximum atomic E-state index is 12.7. The lowest BCUT2D eigenvalue weighted by Gasteiger charge is -2.34. The predicted octanol–water partition coefficient (Wildman–Crippen LogP) is 1.90. The summed E-state index contributed by atoms with van der Waals surface area (Å²) in [4.78, 5) is 25.5. The van der Waals surface area contributed by atoms with Crippen LogP contribution in [-0.2, 0) is 9.53 Å². The van der Waals surface area contributed by atoms with Crippen LogP contribution in [0.1, 0.15) is 36.0 Å². The molecule has 0 aromatic heterocycles. The van der Waals surface area contributed by atoms with Gasteiger partial charge in [0.05, 0.1) is 6.10 Å². The number of fused-ring (bicyclic) bond motifs is 1. The Bertz CT molecular complexity index is 682. The molecule has 0 aliphatic carbocycles. The van der Waals surface area contributed by atoms with Crippen molar-refractivity contribution in [1.29, 1.82) is 0 Å². The van der Waals surface area contributed by atoms with Crippen molar-refractivity contribution in [2.24, 2.45) is 5.92 Å². The second kappa shape index (κ2) is 6.55. The van der Waals surface area contributed by atoms with Crippen molar-refractivity contribution in [2.45, 2.75) is 37.9 Å². The van der Waals surface area contributed by atoms with Crippen LogP contribution in [0.15, 0.2) is 18.2 Å². The number of carbonyl (C=O) groups excluding carboxylic acids is 1. The number of carboxylic acids is 1. The summed E-state index contributed by atoms with van der Waals surface area (Å²) in [6.45, 7) is 1.52. The van der Waals surface area contributed by atoms with Crippen LogP contribution in [0.5, 0.6) is 11.5 Å². The summed E-state index contributed by atoms with van der Waals surface area (Å²) < 4.78 is 16.3. The molecule has 0 unspecified atom stereocenters. The van der Waals surface area contributed by atoms with Crippen molar-refractivity contribution in [3.8, 4) is 11.5 Å². The molecule has 134 valence electrons. The fraction of sp³-hybridized carbons (Fsp3) is 0.556. The molecule has 1 N–H and O–H groups in total. The van der Waals surface area contributed by atoms with Crippen molar-refractivity contribution in [3.05, 3.63) is 23.8 Å². The van der Waals surface area contributed by atoms with Gasteiger partial charge < -0.3 is 24.2 Å². The highest BCUT2D eigenvalue weighted by molar-refractivity contribution is 5.95. The Morgan fingerprint density at radius 2 is 1.80 bits per heavy atom. The summed E-state index contributed by atoms with van der Waals surface area (Å²) in [7, 11) is 0. The Morgan fingerprint density at radius 3 is 2.52 bits per heavy atom. The molecular formula is C18H21NO6. The zero-order valence-electron chi connectivity index (χ0n) is 13.8. The summed E-state index contributed by atoms with van der Waals surface area (Å²) in [5.74, 6) is 0.719. The molecule has 3 aliphatic rings. The number of ether oxygens (including phenoxy) is 3. The standard InChI is InChI=1S/C18H21NO6/c20-17(12-1-2-14-16(9-12)24-10-23-14)19-7-5-11(6-8-19)13-3-4-15(25-13)18(21)22/h1-2,9,11,13,15H,3-8,10H2,(H,21,22)/t13-,15+/m0/s1. The molecule has 7 heteroatoms. The van der Waals surface area contributed by atoms with E-state index < -0.39 is 12.1 Å². The lowest BCUT2D eigenvalue weighted by molar-refractivity contribution is -0.150. The number of rotatable bonds is 3. The largest absolute Gasteiger partial charge is 0.479 e. The van der Waals surface area contributed by atoms with Crippen molar-refractivity contribution in [2.75, 3.05) is 19.9 Å². The van der Waals surface area contributed by atoms with Gasteiger partial charge in [0.1, 0.15) is 0 Å². The number of hydrogen-bond donors (Lipinski definition) is 1. The highest BCUT2D eigenvalue weighted by atomic mass is 16.7. The molecule has 1 aromatic rings.